The Balaban J connectivity index is 2.23. The maximum absolute atomic E-state index is 11.3. The van der Waals surface area contributed by atoms with Crippen molar-refractivity contribution in [2.75, 3.05) is 0 Å². The molecule has 15 heavy (non-hydrogen) atoms. The normalized spacial score (nSPS) is 26.7. The summed E-state index contributed by atoms with van der Waals surface area (Å²) in [7, 11) is 0. The molecule has 1 atom stereocenters. The van der Waals surface area contributed by atoms with Crippen LogP contribution in [0.2, 0.25) is 0 Å². The first-order valence-electron chi connectivity index (χ1n) is 4.93. The zero-order valence-corrected chi connectivity index (χ0v) is 8.36. The average molecular weight is 198 g/mol. The lowest BCUT2D eigenvalue weighted by Crippen LogP contribution is -2.24. The van der Waals surface area contributed by atoms with Gasteiger partial charge >= 0.3 is 5.97 Å². The molecule has 3 rings (SSSR count). The predicted molar refractivity (Wildman–Crippen MR) is 57.0 cm³/mol. The van der Waals surface area contributed by atoms with Gasteiger partial charge in [-0.25, -0.2) is 4.79 Å². The molecule has 1 aliphatic heterocycles. The van der Waals surface area contributed by atoms with Crippen molar-refractivity contribution in [3.63, 3.8) is 0 Å². The van der Waals surface area contributed by atoms with Gasteiger partial charge in [-0.05, 0) is 24.1 Å². The molecule has 2 aliphatic rings. The van der Waals surface area contributed by atoms with Crippen LogP contribution in [0, 0.1) is 0 Å². The molecular formula is C13H10O2. The number of rotatable bonds is 0. The van der Waals surface area contributed by atoms with Crippen LogP contribution in [0.25, 0.3) is 6.08 Å². The molecule has 0 bridgehead atoms. The molecule has 2 nitrogen and oxygen atoms in total. The highest BCUT2D eigenvalue weighted by Crippen LogP contribution is 2.45. The minimum atomic E-state index is -0.617. The van der Waals surface area contributed by atoms with E-state index in [-0.39, 0.29) is 5.97 Å². The van der Waals surface area contributed by atoms with E-state index in [1.807, 2.05) is 43.3 Å². The van der Waals surface area contributed by atoms with Gasteiger partial charge in [-0.15, -0.1) is 0 Å². The van der Waals surface area contributed by atoms with Crippen molar-refractivity contribution in [2.24, 2.45) is 0 Å². The number of benzene rings is 1. The maximum atomic E-state index is 11.3. The number of carbonyl (C=O) groups excluding carboxylic acids is 1. The first-order valence-corrected chi connectivity index (χ1v) is 4.93. The number of esters is 1. The molecule has 0 saturated heterocycles. The number of fused-ring (bicyclic) bond motifs is 2. The summed E-state index contributed by atoms with van der Waals surface area (Å²) in [5, 5.41) is 0. The van der Waals surface area contributed by atoms with E-state index in [4.69, 9.17) is 4.74 Å². The number of hydrogen-bond acceptors (Lipinski definition) is 2. The lowest BCUT2D eigenvalue weighted by molar-refractivity contribution is -0.143. The molecule has 1 aliphatic carbocycles. The van der Waals surface area contributed by atoms with Gasteiger partial charge in [-0.1, -0.05) is 30.3 Å². The fourth-order valence-corrected chi connectivity index (χ4v) is 2.26. The van der Waals surface area contributed by atoms with E-state index in [1.165, 1.54) is 0 Å². The van der Waals surface area contributed by atoms with Crippen molar-refractivity contribution >= 4 is 12.0 Å². The van der Waals surface area contributed by atoms with Gasteiger partial charge in [-0.3, -0.25) is 0 Å². The number of hydrogen-bond donors (Lipinski definition) is 0. The number of ether oxygens (including phenoxy) is 1. The smallest absolute Gasteiger partial charge is 0.332 e. The Morgan fingerprint density at radius 3 is 2.80 bits per heavy atom. The van der Waals surface area contributed by atoms with E-state index in [9.17, 15) is 4.79 Å². The fourth-order valence-electron chi connectivity index (χ4n) is 2.26. The topological polar surface area (TPSA) is 26.3 Å². The van der Waals surface area contributed by atoms with Crippen LogP contribution in [0.4, 0.5) is 0 Å². The van der Waals surface area contributed by atoms with Crippen molar-refractivity contribution in [2.45, 2.75) is 12.5 Å². The highest BCUT2D eigenvalue weighted by molar-refractivity contribution is 5.89. The minimum absolute atomic E-state index is 0.256. The second-order valence-electron chi connectivity index (χ2n) is 3.90. The molecular weight excluding hydrogens is 188 g/mol. The summed E-state index contributed by atoms with van der Waals surface area (Å²) in [6.45, 7) is 1.93. The lowest BCUT2D eigenvalue weighted by atomic mass is 9.90. The van der Waals surface area contributed by atoms with Crippen LogP contribution < -0.4 is 0 Å². The first kappa shape index (κ1) is 8.48. The molecule has 0 aromatic heterocycles. The molecule has 1 aromatic rings. The zero-order chi connectivity index (χ0) is 10.5. The van der Waals surface area contributed by atoms with Gasteiger partial charge in [0.1, 0.15) is 0 Å². The molecule has 1 unspecified atom stereocenters. The van der Waals surface area contributed by atoms with Crippen molar-refractivity contribution in [3.8, 4) is 0 Å². The van der Waals surface area contributed by atoms with Gasteiger partial charge in [0.25, 0.3) is 0 Å². The SMILES string of the molecule is CC1=CC(=O)OC12C=Cc1ccccc12. The van der Waals surface area contributed by atoms with Crippen molar-refractivity contribution in [1.29, 1.82) is 0 Å². The summed E-state index contributed by atoms with van der Waals surface area (Å²) in [4.78, 5) is 11.3. The Morgan fingerprint density at radius 1 is 1.27 bits per heavy atom. The predicted octanol–water partition coefficient (Wildman–Crippen LogP) is 2.41. The maximum Gasteiger partial charge on any atom is 0.332 e. The fraction of sp³-hybridized carbons (Fsp3) is 0.154. The summed E-state index contributed by atoms with van der Waals surface area (Å²) >= 11 is 0. The van der Waals surface area contributed by atoms with Gasteiger partial charge in [-0.2, -0.15) is 0 Å². The van der Waals surface area contributed by atoms with Crippen LogP contribution in [-0.2, 0) is 15.1 Å². The second-order valence-corrected chi connectivity index (χ2v) is 3.90. The molecule has 74 valence electrons. The summed E-state index contributed by atoms with van der Waals surface area (Å²) < 4.78 is 5.43. The monoisotopic (exact) mass is 198 g/mol. The van der Waals surface area contributed by atoms with Crippen LogP contribution in [0.15, 0.2) is 42.0 Å². The Morgan fingerprint density at radius 2 is 2.07 bits per heavy atom. The van der Waals surface area contributed by atoms with E-state index in [0.717, 1.165) is 16.7 Å². The Labute approximate surface area is 87.9 Å². The molecule has 1 heterocycles. The molecule has 0 N–H and O–H groups in total. The molecule has 0 saturated carbocycles. The van der Waals surface area contributed by atoms with Crippen molar-refractivity contribution in [1.82, 2.24) is 0 Å². The van der Waals surface area contributed by atoms with E-state index in [2.05, 4.69) is 0 Å². The Bertz CT molecular complexity index is 511. The molecule has 0 amide bonds. The third kappa shape index (κ3) is 0.962. The van der Waals surface area contributed by atoms with Crippen molar-refractivity contribution in [3.05, 3.63) is 53.1 Å². The van der Waals surface area contributed by atoms with Crippen LogP contribution in [0.1, 0.15) is 18.1 Å². The molecule has 0 radical (unpaired) electrons. The van der Waals surface area contributed by atoms with E-state index in [1.54, 1.807) is 6.08 Å². The van der Waals surface area contributed by atoms with Crippen LogP contribution in [0.5, 0.6) is 0 Å². The Hall–Kier alpha value is -1.83. The highest BCUT2D eigenvalue weighted by Gasteiger charge is 2.43. The molecule has 1 spiro atoms. The minimum Gasteiger partial charge on any atom is -0.442 e. The van der Waals surface area contributed by atoms with Crippen LogP contribution >= 0.6 is 0 Å². The quantitative estimate of drug-likeness (QED) is 0.598. The standard InChI is InChI=1S/C13H10O2/c1-9-8-12(14)15-13(9)7-6-10-4-2-3-5-11(10)13/h2-8H,1H3. The molecule has 2 heteroatoms. The van der Waals surface area contributed by atoms with E-state index in [0.29, 0.717) is 0 Å². The third-order valence-corrected chi connectivity index (χ3v) is 3.04. The van der Waals surface area contributed by atoms with Gasteiger partial charge in [0.2, 0.25) is 0 Å². The lowest BCUT2D eigenvalue weighted by Gasteiger charge is -2.24. The average Bonchev–Trinajstić information content (AvgIpc) is 2.72. The molecule has 0 fully saturated rings. The van der Waals surface area contributed by atoms with Gasteiger partial charge in [0.05, 0.1) is 0 Å². The summed E-state index contributed by atoms with van der Waals surface area (Å²) in [6.07, 6.45) is 5.52. The van der Waals surface area contributed by atoms with Gasteiger partial charge in [0, 0.05) is 11.6 Å². The summed E-state index contributed by atoms with van der Waals surface area (Å²) in [6, 6.07) is 7.98. The third-order valence-electron chi connectivity index (χ3n) is 3.04. The van der Waals surface area contributed by atoms with Gasteiger partial charge < -0.3 is 4.74 Å². The zero-order valence-electron chi connectivity index (χ0n) is 8.36. The summed E-state index contributed by atoms with van der Waals surface area (Å²) in [5.74, 6) is -0.256. The second kappa shape index (κ2) is 2.60. The molecule has 1 aromatic carbocycles. The van der Waals surface area contributed by atoms with E-state index >= 15 is 0 Å². The summed E-state index contributed by atoms with van der Waals surface area (Å²) in [5.41, 5.74) is 2.52. The van der Waals surface area contributed by atoms with Gasteiger partial charge in [0.15, 0.2) is 5.60 Å². The van der Waals surface area contributed by atoms with Crippen LogP contribution in [-0.4, -0.2) is 5.97 Å². The van der Waals surface area contributed by atoms with Crippen LogP contribution in [0.3, 0.4) is 0 Å². The Kier molecular flexibility index (Phi) is 1.47. The first-order chi connectivity index (χ1) is 7.22. The van der Waals surface area contributed by atoms with E-state index < -0.39 is 5.60 Å². The highest BCUT2D eigenvalue weighted by atomic mass is 16.6. The number of carbonyl (C=O) groups is 1. The largest absolute Gasteiger partial charge is 0.442 e. The van der Waals surface area contributed by atoms with Crippen molar-refractivity contribution < 1.29 is 9.53 Å².